The van der Waals surface area contributed by atoms with E-state index in [2.05, 4.69) is 17.4 Å². The molecular weight excluding hydrogens is 405 g/mol. The second-order valence-electron chi connectivity index (χ2n) is 7.88. The van der Waals surface area contributed by atoms with Gasteiger partial charge in [0.15, 0.2) is 0 Å². The van der Waals surface area contributed by atoms with Crippen LogP contribution in [0.4, 0.5) is 5.82 Å². The highest BCUT2D eigenvalue weighted by atomic mass is 35.5. The molecule has 0 saturated heterocycles. The normalized spacial score (nSPS) is 20.6. The number of benzene rings is 2. The molecule has 2 aliphatic rings. The molecule has 0 aliphatic heterocycles. The fourth-order valence-corrected chi connectivity index (χ4v) is 4.58. The average Bonchev–Trinajstić information content (AvgIpc) is 3.48. The van der Waals surface area contributed by atoms with Gasteiger partial charge < -0.3 is 10.4 Å². The van der Waals surface area contributed by atoms with E-state index in [1.807, 2.05) is 31.2 Å². The van der Waals surface area contributed by atoms with Crippen molar-refractivity contribution in [3.05, 3.63) is 75.0 Å². The minimum Gasteiger partial charge on any atom is -0.390 e. The van der Waals surface area contributed by atoms with Crippen molar-refractivity contribution in [3.63, 3.8) is 0 Å². The molecule has 0 spiro atoms. The molecule has 2 aromatic carbocycles. The third-order valence-corrected chi connectivity index (χ3v) is 6.29. The summed E-state index contributed by atoms with van der Waals surface area (Å²) in [5.74, 6) is 1.12. The summed E-state index contributed by atoms with van der Waals surface area (Å²) in [7, 11) is 0. The van der Waals surface area contributed by atoms with Gasteiger partial charge >= 0.3 is 0 Å². The van der Waals surface area contributed by atoms with E-state index in [4.69, 9.17) is 33.2 Å². The first-order chi connectivity index (χ1) is 14.0. The van der Waals surface area contributed by atoms with Crippen molar-refractivity contribution in [2.45, 2.75) is 44.2 Å². The summed E-state index contributed by atoms with van der Waals surface area (Å²) in [6, 6.07) is 13.4. The minimum atomic E-state index is -0.483. The Morgan fingerprint density at radius 1 is 1.07 bits per heavy atom. The highest BCUT2D eigenvalue weighted by Gasteiger charge is 2.34. The molecule has 2 N–H and O–H groups in total. The lowest BCUT2D eigenvalue weighted by molar-refractivity contribution is 0.165. The summed E-state index contributed by atoms with van der Waals surface area (Å²) in [6.07, 6.45) is 2.37. The maximum Gasteiger partial charge on any atom is 0.148 e. The molecule has 5 rings (SSSR count). The van der Waals surface area contributed by atoms with Crippen LogP contribution in [0, 0.1) is 6.92 Å². The fraction of sp³-hybridized carbons (Fsp3) is 0.304. The van der Waals surface area contributed by atoms with E-state index in [9.17, 15) is 5.11 Å². The maximum atomic E-state index is 10.6. The van der Waals surface area contributed by atoms with Crippen LogP contribution in [-0.2, 0) is 6.42 Å². The monoisotopic (exact) mass is 425 g/mol. The first kappa shape index (κ1) is 18.9. The molecule has 1 heterocycles. The van der Waals surface area contributed by atoms with Gasteiger partial charge in [-0.1, -0.05) is 47.5 Å². The number of aromatic nitrogens is 2. The van der Waals surface area contributed by atoms with E-state index in [0.717, 1.165) is 46.9 Å². The van der Waals surface area contributed by atoms with Gasteiger partial charge in [-0.05, 0) is 49.1 Å². The standard InChI is InChI=1S/C23H21Cl2N3O/c1-12-23(28-21-16-5-3-2-4-14(16)10-19(21)29)27-20(13-6-7-13)22(26-12)17-9-8-15(24)11-18(17)25/h2-5,8-9,11,13,19,21,29H,6-7,10H2,1H3,(H,27,28)/t19-,21?/m0/s1. The maximum absolute atomic E-state index is 10.6. The Morgan fingerprint density at radius 3 is 2.62 bits per heavy atom. The molecule has 2 aliphatic carbocycles. The molecule has 148 valence electrons. The number of aliphatic hydroxyl groups is 1. The van der Waals surface area contributed by atoms with Gasteiger partial charge in [0.2, 0.25) is 0 Å². The molecule has 1 aromatic heterocycles. The van der Waals surface area contributed by atoms with Crippen LogP contribution in [0.3, 0.4) is 0 Å². The Bertz CT molecular complexity index is 1100. The zero-order valence-corrected chi connectivity index (χ0v) is 17.5. The SMILES string of the molecule is Cc1nc(-c2ccc(Cl)cc2Cl)c(C2CC2)nc1NC1c2ccccc2C[C@@H]1O. The molecule has 4 nitrogen and oxygen atoms in total. The summed E-state index contributed by atoms with van der Waals surface area (Å²) in [5, 5.41) is 15.2. The third-order valence-electron chi connectivity index (χ3n) is 5.74. The van der Waals surface area contributed by atoms with Gasteiger partial charge in [-0.25, -0.2) is 9.97 Å². The summed E-state index contributed by atoms with van der Waals surface area (Å²) < 4.78 is 0. The van der Waals surface area contributed by atoms with Crippen LogP contribution in [0.2, 0.25) is 10.0 Å². The van der Waals surface area contributed by atoms with Gasteiger partial charge in [0.25, 0.3) is 0 Å². The predicted molar refractivity (Wildman–Crippen MR) is 117 cm³/mol. The highest BCUT2D eigenvalue weighted by Crippen LogP contribution is 2.45. The number of anilines is 1. The van der Waals surface area contributed by atoms with Crippen molar-refractivity contribution >= 4 is 29.0 Å². The average molecular weight is 426 g/mol. The fourth-order valence-electron chi connectivity index (χ4n) is 4.09. The Labute approximate surface area is 179 Å². The Hall–Kier alpha value is -2.14. The Morgan fingerprint density at radius 2 is 1.86 bits per heavy atom. The zero-order chi connectivity index (χ0) is 20.1. The van der Waals surface area contributed by atoms with E-state index in [0.29, 0.717) is 22.4 Å². The van der Waals surface area contributed by atoms with Crippen LogP contribution in [0.15, 0.2) is 42.5 Å². The summed E-state index contributed by atoms with van der Waals surface area (Å²) in [4.78, 5) is 9.85. The third kappa shape index (κ3) is 3.50. The van der Waals surface area contributed by atoms with Crippen molar-refractivity contribution in [3.8, 4) is 11.3 Å². The van der Waals surface area contributed by atoms with Crippen molar-refractivity contribution < 1.29 is 5.11 Å². The molecule has 0 amide bonds. The Balaban J connectivity index is 1.55. The van der Waals surface area contributed by atoms with Crippen LogP contribution in [0.25, 0.3) is 11.3 Å². The summed E-state index contributed by atoms with van der Waals surface area (Å²) >= 11 is 12.5. The molecule has 29 heavy (non-hydrogen) atoms. The lowest BCUT2D eigenvalue weighted by Gasteiger charge is -2.21. The van der Waals surface area contributed by atoms with Crippen molar-refractivity contribution in [1.29, 1.82) is 0 Å². The second kappa shape index (κ2) is 7.28. The molecule has 1 saturated carbocycles. The first-order valence-electron chi connectivity index (χ1n) is 9.87. The molecule has 2 atom stereocenters. The number of nitrogens with one attached hydrogen (secondary N) is 1. The highest BCUT2D eigenvalue weighted by molar-refractivity contribution is 6.36. The van der Waals surface area contributed by atoms with Crippen LogP contribution in [0.1, 0.15) is 47.3 Å². The number of aliphatic hydroxyl groups excluding tert-OH is 1. The summed E-state index contributed by atoms with van der Waals surface area (Å²) in [6.45, 7) is 1.94. The number of aryl methyl sites for hydroxylation is 1. The molecule has 6 heteroatoms. The van der Waals surface area contributed by atoms with E-state index < -0.39 is 6.10 Å². The molecule has 1 unspecified atom stereocenters. The second-order valence-corrected chi connectivity index (χ2v) is 8.73. The van der Waals surface area contributed by atoms with E-state index >= 15 is 0 Å². The quantitative estimate of drug-likeness (QED) is 0.562. The lowest BCUT2D eigenvalue weighted by atomic mass is 10.1. The van der Waals surface area contributed by atoms with Crippen LogP contribution in [-0.4, -0.2) is 21.2 Å². The van der Waals surface area contributed by atoms with Crippen LogP contribution < -0.4 is 5.32 Å². The van der Waals surface area contributed by atoms with Gasteiger partial charge in [0, 0.05) is 22.9 Å². The molecule has 0 bridgehead atoms. The number of rotatable bonds is 4. The first-order valence-corrected chi connectivity index (χ1v) is 10.6. The summed E-state index contributed by atoms with van der Waals surface area (Å²) in [5.41, 5.74) is 5.72. The van der Waals surface area contributed by atoms with Crippen molar-refractivity contribution in [2.24, 2.45) is 0 Å². The van der Waals surface area contributed by atoms with E-state index in [1.54, 1.807) is 6.07 Å². The number of hydrogen-bond acceptors (Lipinski definition) is 4. The molecule has 3 aromatic rings. The molecular formula is C23H21Cl2N3O. The van der Waals surface area contributed by atoms with Crippen LogP contribution >= 0.6 is 23.2 Å². The van der Waals surface area contributed by atoms with Gasteiger partial charge in [-0.3, -0.25) is 0 Å². The van der Waals surface area contributed by atoms with Crippen LogP contribution in [0.5, 0.6) is 0 Å². The molecule has 1 fully saturated rings. The molecule has 0 radical (unpaired) electrons. The topological polar surface area (TPSA) is 58.0 Å². The van der Waals surface area contributed by atoms with Gasteiger partial charge in [0.1, 0.15) is 5.82 Å². The number of hydrogen-bond donors (Lipinski definition) is 2. The lowest BCUT2D eigenvalue weighted by Crippen LogP contribution is -2.22. The zero-order valence-electron chi connectivity index (χ0n) is 16.0. The van der Waals surface area contributed by atoms with E-state index in [-0.39, 0.29) is 6.04 Å². The van der Waals surface area contributed by atoms with Gasteiger partial charge in [-0.2, -0.15) is 0 Å². The smallest absolute Gasteiger partial charge is 0.148 e. The number of fused-ring (bicyclic) bond motifs is 1. The van der Waals surface area contributed by atoms with Crippen molar-refractivity contribution in [1.82, 2.24) is 9.97 Å². The predicted octanol–water partition coefficient (Wildman–Crippen LogP) is 5.71. The van der Waals surface area contributed by atoms with E-state index in [1.165, 1.54) is 5.56 Å². The van der Waals surface area contributed by atoms with Crippen molar-refractivity contribution in [2.75, 3.05) is 5.32 Å². The number of nitrogens with zero attached hydrogens (tertiary/aromatic N) is 2. The van der Waals surface area contributed by atoms with Gasteiger partial charge in [0.05, 0.1) is 34.3 Å². The number of halogens is 2. The largest absolute Gasteiger partial charge is 0.390 e. The Kier molecular flexibility index (Phi) is 4.73. The van der Waals surface area contributed by atoms with Gasteiger partial charge in [-0.15, -0.1) is 0 Å². The minimum absolute atomic E-state index is 0.184.